The second kappa shape index (κ2) is 7.13. The number of imidazole rings is 1. The van der Waals surface area contributed by atoms with Gasteiger partial charge in [0.15, 0.2) is 0 Å². The van der Waals surface area contributed by atoms with Crippen LogP contribution in [0.3, 0.4) is 0 Å². The van der Waals surface area contributed by atoms with E-state index < -0.39 is 0 Å². The first-order valence-corrected chi connectivity index (χ1v) is 7.33. The molecule has 21 heavy (non-hydrogen) atoms. The third kappa shape index (κ3) is 3.76. The molecule has 0 saturated heterocycles. The summed E-state index contributed by atoms with van der Waals surface area (Å²) in [5.41, 5.74) is 1.15. The van der Waals surface area contributed by atoms with Crippen LogP contribution in [0.2, 0.25) is 0 Å². The minimum Gasteiger partial charge on any atom is -0.494 e. The van der Waals surface area contributed by atoms with Crippen molar-refractivity contribution >= 4 is 0 Å². The Labute approximate surface area is 125 Å². The van der Waals surface area contributed by atoms with E-state index in [1.807, 2.05) is 37.4 Å². The molecule has 0 radical (unpaired) electrons. The number of likely N-dealkylation sites (N-methyl/N-ethyl adjacent to an activating group) is 1. The van der Waals surface area contributed by atoms with Crippen molar-refractivity contribution in [2.45, 2.75) is 26.4 Å². The zero-order chi connectivity index (χ0) is 15.2. The first-order valence-electron chi connectivity index (χ1n) is 7.33. The number of nitrogens with one attached hydrogen (secondary N) is 1. The number of hydrogen-bond donors (Lipinski definition) is 1. The molecule has 1 aromatic carbocycles. The number of aromatic nitrogens is 2. The van der Waals surface area contributed by atoms with Crippen molar-refractivity contribution in [2.24, 2.45) is 7.05 Å². The van der Waals surface area contributed by atoms with Crippen molar-refractivity contribution in [1.29, 1.82) is 0 Å². The molecule has 2 aromatic rings. The van der Waals surface area contributed by atoms with Crippen molar-refractivity contribution in [3.63, 3.8) is 0 Å². The van der Waals surface area contributed by atoms with Crippen LogP contribution in [0.5, 0.6) is 5.75 Å². The second-order valence-electron chi connectivity index (χ2n) is 4.96. The van der Waals surface area contributed by atoms with Crippen LogP contribution in [0.4, 0.5) is 0 Å². The fourth-order valence-electron chi connectivity index (χ4n) is 2.34. The SMILES string of the molecule is CCNC(Cn1ccn(C)c1=O)c1ccc(OCC)cc1. The molecule has 0 fully saturated rings. The number of hydrogen-bond acceptors (Lipinski definition) is 3. The number of benzene rings is 1. The Hall–Kier alpha value is -2.01. The van der Waals surface area contributed by atoms with Crippen molar-refractivity contribution < 1.29 is 4.74 Å². The molecule has 0 aliphatic heterocycles. The lowest BCUT2D eigenvalue weighted by Crippen LogP contribution is -2.30. The van der Waals surface area contributed by atoms with Gasteiger partial charge in [-0.2, -0.15) is 0 Å². The van der Waals surface area contributed by atoms with E-state index in [9.17, 15) is 4.79 Å². The highest BCUT2D eigenvalue weighted by molar-refractivity contribution is 5.29. The van der Waals surface area contributed by atoms with Crippen molar-refractivity contribution in [1.82, 2.24) is 14.5 Å². The lowest BCUT2D eigenvalue weighted by Gasteiger charge is -2.19. The maximum absolute atomic E-state index is 12.0. The molecule has 0 aliphatic carbocycles. The first kappa shape index (κ1) is 15.4. The number of aryl methyl sites for hydroxylation is 1. The van der Waals surface area contributed by atoms with Gasteiger partial charge in [-0.3, -0.25) is 4.57 Å². The fraction of sp³-hybridized carbons (Fsp3) is 0.438. The van der Waals surface area contributed by atoms with Crippen LogP contribution in [0.15, 0.2) is 41.5 Å². The Balaban J connectivity index is 2.18. The molecule has 5 heteroatoms. The minimum absolute atomic E-state index is 0.00356. The first-order chi connectivity index (χ1) is 10.2. The van der Waals surface area contributed by atoms with Gasteiger partial charge < -0.3 is 14.6 Å². The van der Waals surface area contributed by atoms with Crippen molar-refractivity contribution in [3.05, 3.63) is 52.7 Å². The molecule has 0 saturated carbocycles. The summed E-state index contributed by atoms with van der Waals surface area (Å²) in [6.07, 6.45) is 3.60. The van der Waals surface area contributed by atoms with E-state index in [-0.39, 0.29) is 11.7 Å². The summed E-state index contributed by atoms with van der Waals surface area (Å²) in [4.78, 5) is 12.0. The lowest BCUT2D eigenvalue weighted by atomic mass is 10.1. The van der Waals surface area contributed by atoms with Crippen LogP contribution in [-0.2, 0) is 13.6 Å². The number of rotatable bonds is 7. The van der Waals surface area contributed by atoms with Crippen molar-refractivity contribution in [2.75, 3.05) is 13.2 Å². The molecular formula is C16H23N3O2. The topological polar surface area (TPSA) is 48.2 Å². The highest BCUT2D eigenvalue weighted by atomic mass is 16.5. The van der Waals surface area contributed by atoms with Gasteiger partial charge in [-0.05, 0) is 31.2 Å². The monoisotopic (exact) mass is 289 g/mol. The summed E-state index contributed by atoms with van der Waals surface area (Å²) in [5.74, 6) is 0.869. The molecule has 1 aromatic heterocycles. The summed E-state index contributed by atoms with van der Waals surface area (Å²) in [6, 6.07) is 8.14. The summed E-state index contributed by atoms with van der Waals surface area (Å²) in [5, 5.41) is 3.43. The molecule has 1 unspecified atom stereocenters. The molecule has 1 heterocycles. The molecular weight excluding hydrogens is 266 g/mol. The highest BCUT2D eigenvalue weighted by Gasteiger charge is 2.13. The molecule has 5 nitrogen and oxygen atoms in total. The van der Waals surface area contributed by atoms with Gasteiger partial charge in [0.25, 0.3) is 0 Å². The number of ether oxygens (including phenoxy) is 1. The smallest absolute Gasteiger partial charge is 0.327 e. The predicted molar refractivity (Wildman–Crippen MR) is 83.7 cm³/mol. The Kier molecular flexibility index (Phi) is 5.22. The largest absolute Gasteiger partial charge is 0.494 e. The lowest BCUT2D eigenvalue weighted by molar-refractivity contribution is 0.340. The van der Waals surface area contributed by atoms with Crippen LogP contribution < -0.4 is 15.7 Å². The Morgan fingerprint density at radius 1 is 1.19 bits per heavy atom. The summed E-state index contributed by atoms with van der Waals surface area (Å²) < 4.78 is 8.77. The van der Waals surface area contributed by atoms with Gasteiger partial charge in [-0.15, -0.1) is 0 Å². The third-order valence-corrected chi connectivity index (χ3v) is 3.44. The van der Waals surface area contributed by atoms with E-state index in [2.05, 4.69) is 12.2 Å². The maximum Gasteiger partial charge on any atom is 0.327 e. The van der Waals surface area contributed by atoms with Crippen LogP contribution in [0.25, 0.3) is 0 Å². The van der Waals surface area contributed by atoms with E-state index >= 15 is 0 Å². The molecule has 114 valence electrons. The minimum atomic E-state index is 0.00356. The van der Waals surface area contributed by atoms with Crippen molar-refractivity contribution in [3.8, 4) is 5.75 Å². The van der Waals surface area contributed by atoms with Gasteiger partial charge >= 0.3 is 5.69 Å². The van der Waals surface area contributed by atoms with Crippen LogP contribution in [-0.4, -0.2) is 22.3 Å². The summed E-state index contributed by atoms with van der Waals surface area (Å²) in [6.45, 7) is 6.16. The molecule has 1 atom stereocenters. The second-order valence-corrected chi connectivity index (χ2v) is 4.96. The normalized spacial score (nSPS) is 12.3. The van der Waals surface area contributed by atoms with Gasteiger partial charge in [-0.1, -0.05) is 19.1 Å². The maximum atomic E-state index is 12.0. The Morgan fingerprint density at radius 3 is 2.43 bits per heavy atom. The van der Waals surface area contributed by atoms with Gasteiger partial charge in [-0.25, -0.2) is 4.79 Å². The van der Waals surface area contributed by atoms with E-state index in [0.717, 1.165) is 17.9 Å². The molecule has 0 bridgehead atoms. The van der Waals surface area contributed by atoms with Crippen LogP contribution in [0.1, 0.15) is 25.5 Å². The fourth-order valence-corrected chi connectivity index (χ4v) is 2.34. The zero-order valence-corrected chi connectivity index (χ0v) is 12.9. The van der Waals surface area contributed by atoms with E-state index in [1.165, 1.54) is 0 Å². The van der Waals surface area contributed by atoms with E-state index in [1.54, 1.807) is 22.4 Å². The standard InChI is InChI=1S/C16H23N3O2/c1-4-17-15(12-19-11-10-18(3)16(19)20)13-6-8-14(9-7-13)21-5-2/h6-11,15,17H,4-5,12H2,1-3H3. The van der Waals surface area contributed by atoms with Crippen LogP contribution in [0, 0.1) is 0 Å². The molecule has 0 amide bonds. The quantitative estimate of drug-likeness (QED) is 0.847. The molecule has 2 rings (SSSR count). The number of nitrogens with zero attached hydrogens (tertiary/aromatic N) is 2. The van der Waals surface area contributed by atoms with Gasteiger partial charge in [0, 0.05) is 26.0 Å². The summed E-state index contributed by atoms with van der Waals surface area (Å²) >= 11 is 0. The molecule has 1 N–H and O–H groups in total. The molecule has 0 spiro atoms. The van der Waals surface area contributed by atoms with E-state index in [4.69, 9.17) is 4.74 Å². The Bertz CT molecular complexity index is 613. The predicted octanol–water partition coefficient (Wildman–Crippen LogP) is 1.94. The van der Waals surface area contributed by atoms with Gasteiger partial charge in [0.05, 0.1) is 12.6 Å². The zero-order valence-electron chi connectivity index (χ0n) is 12.9. The van der Waals surface area contributed by atoms with Gasteiger partial charge in [0.2, 0.25) is 0 Å². The van der Waals surface area contributed by atoms with Crippen LogP contribution >= 0.6 is 0 Å². The average molecular weight is 289 g/mol. The highest BCUT2D eigenvalue weighted by Crippen LogP contribution is 2.19. The van der Waals surface area contributed by atoms with E-state index in [0.29, 0.717) is 13.2 Å². The third-order valence-electron chi connectivity index (χ3n) is 3.44. The molecule has 0 aliphatic rings. The Morgan fingerprint density at radius 2 is 1.90 bits per heavy atom. The average Bonchev–Trinajstić information content (AvgIpc) is 2.80. The summed E-state index contributed by atoms with van der Waals surface area (Å²) in [7, 11) is 1.76. The van der Waals surface area contributed by atoms with Gasteiger partial charge in [0.1, 0.15) is 5.75 Å².